The fourth-order valence-corrected chi connectivity index (χ4v) is 5.36. The molecule has 0 amide bonds. The number of aromatic nitrogens is 1. The number of carbonyl (C=O) groups is 1. The van der Waals surface area contributed by atoms with Crippen molar-refractivity contribution < 1.29 is 37.3 Å². The number of carboxylic acid groups (broad SMARTS) is 1. The number of methoxy groups -OCH3 is 1. The van der Waals surface area contributed by atoms with E-state index in [1.165, 1.54) is 13.3 Å². The highest BCUT2D eigenvalue weighted by molar-refractivity contribution is 5.85. The maximum atomic E-state index is 13.9. The van der Waals surface area contributed by atoms with Gasteiger partial charge in [-0.2, -0.15) is 0 Å². The zero-order chi connectivity index (χ0) is 28.9. The van der Waals surface area contributed by atoms with Crippen molar-refractivity contribution in [3.8, 4) is 17.6 Å². The van der Waals surface area contributed by atoms with Gasteiger partial charge in [0, 0.05) is 23.2 Å². The van der Waals surface area contributed by atoms with Gasteiger partial charge in [-0.25, -0.2) is 17.6 Å². The van der Waals surface area contributed by atoms with Gasteiger partial charge < -0.3 is 14.9 Å². The Morgan fingerprint density at radius 3 is 2.62 bits per heavy atom. The van der Waals surface area contributed by atoms with Gasteiger partial charge in [-0.05, 0) is 74.0 Å². The monoisotopic (exact) mass is 558 g/mol. The maximum absolute atomic E-state index is 13.9. The normalized spacial score (nSPS) is 15.8. The van der Waals surface area contributed by atoms with E-state index in [2.05, 4.69) is 16.8 Å². The molecule has 0 aliphatic carbocycles. The molecule has 6 nitrogen and oxygen atoms in total. The number of carboxylic acids is 1. The van der Waals surface area contributed by atoms with Crippen LogP contribution in [0, 0.1) is 34.7 Å². The lowest BCUT2D eigenvalue weighted by Crippen LogP contribution is -2.41. The third-order valence-electron chi connectivity index (χ3n) is 7.59. The molecule has 2 N–H and O–H groups in total. The minimum Gasteiger partial charge on any atom is -0.497 e. The first kappa shape index (κ1) is 29.3. The van der Waals surface area contributed by atoms with Crippen LogP contribution >= 0.6 is 0 Å². The standard InChI is InChI=1S/C30H30F4N2O4/c1-40-22-4-5-25-23(15-22)28(20(17-31)18-35-25)26(37)6-7-30(16-27(38)39)8-11-36(12-9-30)10-2-3-19-13-21(32)14-24(33)29(19)34/h4-5,13-15,18,26,37H,6-12,16-17H2,1H3,(H,38,39)/t26-/m0/s1. The number of likely N-dealkylation sites (tertiary alicyclic amines) is 1. The second-order valence-corrected chi connectivity index (χ2v) is 10.2. The molecule has 1 aromatic heterocycles. The average Bonchev–Trinajstić information content (AvgIpc) is 2.94. The van der Waals surface area contributed by atoms with E-state index < -0.39 is 41.6 Å². The molecule has 212 valence electrons. The van der Waals surface area contributed by atoms with Crippen LogP contribution in [-0.4, -0.2) is 52.8 Å². The van der Waals surface area contributed by atoms with E-state index in [0.29, 0.717) is 60.6 Å². The fraction of sp³-hybridized carbons (Fsp3) is 0.400. The summed E-state index contributed by atoms with van der Waals surface area (Å²) in [6, 6.07) is 6.46. The van der Waals surface area contributed by atoms with E-state index in [4.69, 9.17) is 4.74 Å². The van der Waals surface area contributed by atoms with Crippen LogP contribution in [0.15, 0.2) is 36.5 Å². The minimum atomic E-state index is -1.31. The molecule has 1 saturated heterocycles. The summed E-state index contributed by atoms with van der Waals surface area (Å²) in [4.78, 5) is 18.0. The first-order valence-corrected chi connectivity index (χ1v) is 12.9. The van der Waals surface area contributed by atoms with Crippen molar-refractivity contribution in [2.45, 2.75) is 44.9 Å². The van der Waals surface area contributed by atoms with Crippen LogP contribution in [0.25, 0.3) is 10.9 Å². The lowest BCUT2D eigenvalue weighted by Gasteiger charge is -2.41. The number of aliphatic hydroxyl groups excluding tert-OH is 1. The van der Waals surface area contributed by atoms with Gasteiger partial charge in [-0.3, -0.25) is 14.7 Å². The van der Waals surface area contributed by atoms with Gasteiger partial charge in [0.2, 0.25) is 0 Å². The molecule has 2 aromatic carbocycles. The van der Waals surface area contributed by atoms with Crippen LogP contribution in [0.5, 0.6) is 5.75 Å². The van der Waals surface area contributed by atoms with Gasteiger partial charge in [0.25, 0.3) is 0 Å². The number of hydrogen-bond acceptors (Lipinski definition) is 5. The molecular weight excluding hydrogens is 528 g/mol. The molecule has 1 aliphatic heterocycles. The van der Waals surface area contributed by atoms with Crippen LogP contribution in [0.3, 0.4) is 0 Å². The van der Waals surface area contributed by atoms with E-state index in [1.807, 2.05) is 4.90 Å². The van der Waals surface area contributed by atoms with Crippen molar-refractivity contribution in [3.05, 3.63) is 70.7 Å². The van der Waals surface area contributed by atoms with Crippen molar-refractivity contribution in [2.24, 2.45) is 5.41 Å². The van der Waals surface area contributed by atoms with Crippen LogP contribution in [0.4, 0.5) is 17.6 Å². The number of halogens is 4. The first-order chi connectivity index (χ1) is 19.1. The van der Waals surface area contributed by atoms with Gasteiger partial charge in [-0.15, -0.1) is 0 Å². The van der Waals surface area contributed by atoms with E-state index in [9.17, 15) is 32.6 Å². The van der Waals surface area contributed by atoms with E-state index in [1.54, 1.807) is 18.2 Å². The molecule has 0 radical (unpaired) electrons. The largest absolute Gasteiger partial charge is 0.497 e. The van der Waals surface area contributed by atoms with E-state index in [-0.39, 0.29) is 30.5 Å². The number of aliphatic carboxylic acids is 1. The van der Waals surface area contributed by atoms with Gasteiger partial charge in [0.1, 0.15) is 18.2 Å². The summed E-state index contributed by atoms with van der Waals surface area (Å²) in [6.07, 6.45) is 1.92. The molecule has 2 heterocycles. The summed E-state index contributed by atoms with van der Waals surface area (Å²) >= 11 is 0. The molecule has 0 saturated carbocycles. The molecule has 0 bridgehead atoms. The highest BCUT2D eigenvalue weighted by Gasteiger charge is 2.37. The summed E-state index contributed by atoms with van der Waals surface area (Å²) in [6.45, 7) is 0.412. The summed E-state index contributed by atoms with van der Waals surface area (Å²) in [5.74, 6) is 1.37. The molecule has 1 fully saturated rings. The number of nitrogens with zero attached hydrogens (tertiary/aromatic N) is 2. The third-order valence-corrected chi connectivity index (χ3v) is 7.59. The number of aliphatic hydroxyl groups is 1. The SMILES string of the molecule is COc1ccc2ncc(CF)c([C@@H](O)CCC3(CC(=O)O)CCN(CC#Cc4cc(F)cc(F)c4F)CC3)c2c1. The number of hydrogen-bond donors (Lipinski definition) is 2. The summed E-state index contributed by atoms with van der Waals surface area (Å²) in [5.41, 5.74) is 0.319. The Hall–Kier alpha value is -3.68. The summed E-state index contributed by atoms with van der Waals surface area (Å²) < 4.78 is 59.8. The lowest BCUT2D eigenvalue weighted by molar-refractivity contribution is -0.141. The van der Waals surface area contributed by atoms with Crippen molar-refractivity contribution in [1.29, 1.82) is 0 Å². The molecule has 1 atom stereocenters. The molecule has 0 spiro atoms. The van der Waals surface area contributed by atoms with Crippen LogP contribution < -0.4 is 4.74 Å². The zero-order valence-corrected chi connectivity index (χ0v) is 22.0. The molecular formula is C30H30F4N2O4. The highest BCUT2D eigenvalue weighted by atomic mass is 19.2. The Labute approximate surface area is 229 Å². The van der Waals surface area contributed by atoms with Crippen LogP contribution in [-0.2, 0) is 11.5 Å². The fourth-order valence-electron chi connectivity index (χ4n) is 5.36. The van der Waals surface area contributed by atoms with Crippen molar-refractivity contribution in [1.82, 2.24) is 9.88 Å². The number of fused-ring (bicyclic) bond motifs is 1. The Morgan fingerprint density at radius 2 is 1.95 bits per heavy atom. The maximum Gasteiger partial charge on any atom is 0.303 e. The third kappa shape index (κ3) is 6.72. The Bertz CT molecular complexity index is 1440. The molecule has 0 unspecified atom stereocenters. The number of ether oxygens (including phenoxy) is 1. The molecule has 3 aromatic rings. The van der Waals surface area contributed by atoms with Crippen molar-refractivity contribution >= 4 is 16.9 Å². The van der Waals surface area contributed by atoms with Crippen molar-refractivity contribution in [2.75, 3.05) is 26.7 Å². The Kier molecular flexibility index (Phi) is 9.28. The van der Waals surface area contributed by atoms with Crippen LogP contribution in [0.1, 0.15) is 54.9 Å². The smallest absolute Gasteiger partial charge is 0.303 e. The van der Waals surface area contributed by atoms with Gasteiger partial charge >= 0.3 is 5.97 Å². The van der Waals surface area contributed by atoms with E-state index >= 15 is 0 Å². The molecule has 1 aliphatic rings. The average molecular weight is 559 g/mol. The van der Waals surface area contributed by atoms with Gasteiger partial charge in [-0.1, -0.05) is 11.8 Å². The predicted molar refractivity (Wildman–Crippen MR) is 141 cm³/mol. The topological polar surface area (TPSA) is 82.9 Å². The molecule has 4 rings (SSSR count). The number of pyridine rings is 1. The summed E-state index contributed by atoms with van der Waals surface area (Å²) in [5, 5.41) is 21.4. The summed E-state index contributed by atoms with van der Waals surface area (Å²) in [7, 11) is 1.51. The second-order valence-electron chi connectivity index (χ2n) is 10.2. The minimum absolute atomic E-state index is 0.0894. The molecule has 10 heteroatoms. The van der Waals surface area contributed by atoms with Crippen molar-refractivity contribution in [3.63, 3.8) is 0 Å². The number of alkyl halides is 1. The second kappa shape index (κ2) is 12.7. The van der Waals surface area contributed by atoms with Crippen LogP contribution in [0.2, 0.25) is 0 Å². The number of benzene rings is 2. The number of piperidine rings is 1. The Balaban J connectivity index is 1.46. The zero-order valence-electron chi connectivity index (χ0n) is 22.0. The highest BCUT2D eigenvalue weighted by Crippen LogP contribution is 2.42. The molecule has 40 heavy (non-hydrogen) atoms. The number of rotatable bonds is 9. The Morgan fingerprint density at radius 1 is 1.20 bits per heavy atom. The quantitative estimate of drug-likeness (QED) is 0.204. The van der Waals surface area contributed by atoms with E-state index in [0.717, 1.165) is 6.07 Å². The van der Waals surface area contributed by atoms with Gasteiger partial charge in [0.15, 0.2) is 11.6 Å². The first-order valence-electron chi connectivity index (χ1n) is 12.9. The lowest BCUT2D eigenvalue weighted by atomic mass is 9.71. The predicted octanol–water partition coefficient (Wildman–Crippen LogP) is 5.55. The van der Waals surface area contributed by atoms with Gasteiger partial charge in [0.05, 0.1) is 37.3 Å².